The number of piperidine rings is 1. The molecule has 0 radical (unpaired) electrons. The number of nitrogens with one attached hydrogen (secondary N) is 2. The van der Waals surface area contributed by atoms with Gasteiger partial charge in [0.05, 0.1) is 30.9 Å². The highest BCUT2D eigenvalue weighted by Crippen LogP contribution is 2.32. The molecule has 2 unspecified atom stereocenters. The number of benzene rings is 1. The normalized spacial score (nSPS) is 25.5. The van der Waals surface area contributed by atoms with E-state index in [0.29, 0.717) is 35.7 Å². The topological polar surface area (TPSA) is 118 Å². The molecular formula is C27H31FN4O6. The molecule has 38 heavy (non-hydrogen) atoms. The van der Waals surface area contributed by atoms with E-state index in [9.17, 15) is 9.90 Å². The average Bonchev–Trinajstić information content (AvgIpc) is 3.61. The van der Waals surface area contributed by atoms with Crippen LogP contribution in [-0.2, 0) is 14.2 Å². The number of carbonyl (C=O) groups is 1. The third-order valence-electron chi connectivity index (χ3n) is 7.39. The summed E-state index contributed by atoms with van der Waals surface area (Å²) < 4.78 is 37.3. The summed E-state index contributed by atoms with van der Waals surface area (Å²) in [5, 5.41) is 12.8. The molecule has 4 atom stereocenters. The Balaban J connectivity index is 1.12. The molecule has 1 aromatic carbocycles. The van der Waals surface area contributed by atoms with Gasteiger partial charge in [-0.3, -0.25) is 0 Å². The van der Waals surface area contributed by atoms with Crippen molar-refractivity contribution in [1.82, 2.24) is 15.3 Å². The van der Waals surface area contributed by atoms with Crippen molar-refractivity contribution < 1.29 is 33.2 Å². The van der Waals surface area contributed by atoms with E-state index < -0.39 is 11.9 Å². The highest BCUT2D eigenvalue weighted by atomic mass is 19.1. The van der Waals surface area contributed by atoms with Crippen LogP contribution < -0.4 is 15.0 Å². The Labute approximate surface area is 219 Å². The van der Waals surface area contributed by atoms with Gasteiger partial charge in [-0.15, -0.1) is 0 Å². The van der Waals surface area contributed by atoms with Crippen LogP contribution >= 0.6 is 0 Å². The number of anilines is 1. The van der Waals surface area contributed by atoms with Gasteiger partial charge in [-0.2, -0.15) is 0 Å². The lowest BCUT2D eigenvalue weighted by atomic mass is 10.0. The molecule has 1 amide bonds. The van der Waals surface area contributed by atoms with E-state index in [4.69, 9.17) is 18.9 Å². The van der Waals surface area contributed by atoms with Crippen LogP contribution in [0.2, 0.25) is 0 Å². The van der Waals surface area contributed by atoms with Gasteiger partial charge in [0.1, 0.15) is 24.0 Å². The zero-order chi connectivity index (χ0) is 26.2. The van der Waals surface area contributed by atoms with Crippen LogP contribution in [0, 0.1) is 5.82 Å². The molecule has 3 aromatic rings. The van der Waals surface area contributed by atoms with Gasteiger partial charge in [0, 0.05) is 42.5 Å². The number of pyridine rings is 1. The lowest BCUT2D eigenvalue weighted by molar-refractivity contribution is 0.00794. The van der Waals surface area contributed by atoms with Crippen molar-refractivity contribution in [3.63, 3.8) is 0 Å². The first-order chi connectivity index (χ1) is 18.5. The number of nitrogens with zero attached hydrogens (tertiary/aromatic N) is 2. The summed E-state index contributed by atoms with van der Waals surface area (Å²) in [5.74, 6) is 0.00973. The van der Waals surface area contributed by atoms with Crippen molar-refractivity contribution in [2.45, 2.75) is 50.2 Å². The molecule has 10 nitrogen and oxygen atoms in total. The minimum Gasteiger partial charge on any atom is -0.470 e. The van der Waals surface area contributed by atoms with Gasteiger partial charge < -0.3 is 39.3 Å². The quantitative estimate of drug-likeness (QED) is 0.449. The zero-order valence-electron chi connectivity index (χ0n) is 21.1. The van der Waals surface area contributed by atoms with Gasteiger partial charge in [-0.1, -0.05) is 12.1 Å². The van der Waals surface area contributed by atoms with E-state index in [-0.39, 0.29) is 42.7 Å². The van der Waals surface area contributed by atoms with Gasteiger partial charge in [-0.05, 0) is 31.9 Å². The number of hydrogen-bond acceptors (Lipinski definition) is 8. The Morgan fingerprint density at radius 1 is 1.18 bits per heavy atom. The monoisotopic (exact) mass is 526 g/mol. The fourth-order valence-corrected chi connectivity index (χ4v) is 5.43. The molecule has 0 spiro atoms. The van der Waals surface area contributed by atoms with E-state index in [1.165, 1.54) is 6.07 Å². The first-order valence-electron chi connectivity index (χ1n) is 13.0. The summed E-state index contributed by atoms with van der Waals surface area (Å²) in [7, 11) is 0. The summed E-state index contributed by atoms with van der Waals surface area (Å²) in [4.78, 5) is 21.5. The Morgan fingerprint density at radius 2 is 1.95 bits per heavy atom. The molecule has 11 heteroatoms. The summed E-state index contributed by atoms with van der Waals surface area (Å²) in [6.07, 6.45) is -0.461. The highest BCUT2D eigenvalue weighted by Gasteiger charge is 2.48. The Hall–Kier alpha value is -3.41. The molecule has 5 heterocycles. The van der Waals surface area contributed by atoms with Gasteiger partial charge in [0.2, 0.25) is 0 Å². The predicted octanol–water partition coefficient (Wildman–Crippen LogP) is 2.99. The van der Waals surface area contributed by atoms with Crippen LogP contribution in [0.25, 0.3) is 22.3 Å². The van der Waals surface area contributed by atoms with Gasteiger partial charge in [-0.25, -0.2) is 14.2 Å². The predicted molar refractivity (Wildman–Crippen MR) is 137 cm³/mol. The lowest BCUT2D eigenvalue weighted by Crippen LogP contribution is -2.44. The standard InChI is InChI=1S/C27H31FN4O6/c1-2-35-27(34)29-16-7-9-32(10-8-16)17-5-3-15(4-6-17)24-18(28)11-19-20(31-24)12-23(30-19)38-22-14-37-25-21(33)13-36-26(22)25/h3-6,11-12,16,21-22,25-26,30,33H,2,7-10,13-14H2,1H3,(H,29,34)/t21-,22-,25?,26?/m1/s1. The molecule has 0 saturated carbocycles. The Morgan fingerprint density at radius 3 is 2.71 bits per heavy atom. The fourth-order valence-electron chi connectivity index (χ4n) is 5.43. The van der Waals surface area contributed by atoms with Crippen LogP contribution in [0.4, 0.5) is 14.9 Å². The summed E-state index contributed by atoms with van der Waals surface area (Å²) in [5.41, 5.74) is 3.09. The Bertz CT molecular complexity index is 1290. The molecule has 202 valence electrons. The summed E-state index contributed by atoms with van der Waals surface area (Å²) in [6, 6.07) is 10.9. The van der Waals surface area contributed by atoms with Crippen molar-refractivity contribution in [3.05, 3.63) is 42.2 Å². The maximum atomic E-state index is 15.0. The Kier molecular flexibility index (Phi) is 6.81. The highest BCUT2D eigenvalue weighted by molar-refractivity contribution is 5.81. The van der Waals surface area contributed by atoms with Gasteiger partial charge >= 0.3 is 6.09 Å². The first kappa shape index (κ1) is 24.9. The smallest absolute Gasteiger partial charge is 0.407 e. The lowest BCUT2D eigenvalue weighted by Gasteiger charge is -2.33. The second-order valence-electron chi connectivity index (χ2n) is 9.88. The minimum absolute atomic E-state index is 0.102. The van der Waals surface area contributed by atoms with E-state index in [1.807, 2.05) is 24.3 Å². The number of halogens is 1. The molecular weight excluding hydrogens is 495 g/mol. The number of alkyl carbamates (subject to hydrolysis) is 1. The van der Waals surface area contributed by atoms with Gasteiger partial charge in [0.25, 0.3) is 0 Å². The first-order valence-corrected chi connectivity index (χ1v) is 13.0. The number of rotatable bonds is 6. The zero-order valence-corrected chi connectivity index (χ0v) is 21.1. The van der Waals surface area contributed by atoms with Crippen molar-refractivity contribution >= 4 is 22.8 Å². The van der Waals surface area contributed by atoms with Crippen LogP contribution in [0.3, 0.4) is 0 Å². The SMILES string of the molecule is CCOC(=O)NC1CCN(c2ccc(-c3nc4cc(O[C@@H]5COC6C5OC[C@H]6O)[nH]c4cc3F)cc2)CC1. The molecule has 3 aliphatic heterocycles. The number of fused-ring (bicyclic) bond motifs is 2. The number of ether oxygens (including phenoxy) is 4. The third-order valence-corrected chi connectivity index (χ3v) is 7.39. The number of carbonyl (C=O) groups excluding carboxylic acids is 1. The second-order valence-corrected chi connectivity index (χ2v) is 9.88. The van der Waals surface area contributed by atoms with Crippen LogP contribution in [0.15, 0.2) is 36.4 Å². The number of aliphatic hydroxyl groups is 1. The minimum atomic E-state index is -0.652. The number of aromatic amines is 1. The largest absolute Gasteiger partial charge is 0.470 e. The van der Waals surface area contributed by atoms with Crippen LogP contribution in [0.1, 0.15) is 19.8 Å². The number of amides is 1. The molecule has 3 aliphatic rings. The number of aliphatic hydroxyl groups excluding tert-OH is 1. The van der Waals surface area contributed by atoms with Crippen LogP contribution in [0.5, 0.6) is 5.88 Å². The molecule has 0 bridgehead atoms. The van der Waals surface area contributed by atoms with E-state index in [0.717, 1.165) is 31.6 Å². The molecule has 3 saturated heterocycles. The van der Waals surface area contributed by atoms with Crippen molar-refractivity contribution in [1.29, 1.82) is 0 Å². The average molecular weight is 527 g/mol. The fraction of sp³-hybridized carbons (Fsp3) is 0.481. The third kappa shape index (κ3) is 4.89. The van der Waals surface area contributed by atoms with E-state index in [1.54, 1.807) is 13.0 Å². The molecule has 3 fully saturated rings. The number of hydrogen-bond donors (Lipinski definition) is 3. The van der Waals surface area contributed by atoms with Crippen LogP contribution in [-0.4, -0.2) is 84.5 Å². The molecule has 6 rings (SSSR count). The molecule has 3 N–H and O–H groups in total. The van der Waals surface area contributed by atoms with Gasteiger partial charge in [0.15, 0.2) is 17.8 Å². The van der Waals surface area contributed by atoms with Crippen molar-refractivity contribution in [3.8, 4) is 17.1 Å². The van der Waals surface area contributed by atoms with E-state index in [2.05, 4.69) is 20.2 Å². The van der Waals surface area contributed by atoms with Crippen molar-refractivity contribution in [2.24, 2.45) is 0 Å². The number of H-pyrrole nitrogens is 1. The second kappa shape index (κ2) is 10.4. The summed E-state index contributed by atoms with van der Waals surface area (Å²) >= 11 is 0. The molecule has 0 aliphatic carbocycles. The summed E-state index contributed by atoms with van der Waals surface area (Å²) in [6.45, 7) is 4.28. The maximum absolute atomic E-state index is 15.0. The number of aromatic nitrogens is 2. The van der Waals surface area contributed by atoms with E-state index >= 15 is 4.39 Å². The molecule has 2 aromatic heterocycles. The van der Waals surface area contributed by atoms with Crippen molar-refractivity contribution in [2.75, 3.05) is 37.8 Å². The maximum Gasteiger partial charge on any atom is 0.407 e.